The van der Waals surface area contributed by atoms with Crippen LogP contribution in [0.25, 0.3) is 21.9 Å². The summed E-state index contributed by atoms with van der Waals surface area (Å²) in [7, 11) is 0. The number of rotatable bonds is 2. The molecule has 2 amide bonds. The number of amides is 2. The molecular weight excluding hydrogens is 438 g/mol. The minimum Gasteiger partial charge on any atom is -0.422 e. The van der Waals surface area contributed by atoms with Gasteiger partial charge in [0, 0.05) is 20.8 Å². The zero-order chi connectivity index (χ0) is 20.7. The normalized spacial score (nSPS) is 11.0. The van der Waals surface area contributed by atoms with Crippen molar-refractivity contribution >= 4 is 49.6 Å². The van der Waals surface area contributed by atoms with E-state index in [-0.39, 0.29) is 5.56 Å². The number of carbonyl (C=O) groups is 2. The minimum absolute atomic E-state index is 0.194. The summed E-state index contributed by atoms with van der Waals surface area (Å²) in [5.74, 6) is -1.28. The number of carbonyl (C=O) groups excluding carboxylic acids is 2. The maximum atomic E-state index is 12.5. The fourth-order valence-electron chi connectivity index (χ4n) is 3.17. The van der Waals surface area contributed by atoms with Gasteiger partial charge in [0.05, 0.1) is 0 Å². The molecule has 0 atom stereocenters. The van der Waals surface area contributed by atoms with Crippen LogP contribution in [0.3, 0.4) is 0 Å². The van der Waals surface area contributed by atoms with Gasteiger partial charge in [-0.3, -0.25) is 20.4 Å². The zero-order valence-corrected chi connectivity index (χ0v) is 17.1. The Morgan fingerprint density at radius 2 is 1.76 bits per heavy atom. The molecule has 3 N–H and O–H groups in total. The summed E-state index contributed by atoms with van der Waals surface area (Å²) < 4.78 is 6.08. The summed E-state index contributed by atoms with van der Waals surface area (Å²) in [5, 5.41) is 1.51. The first kappa shape index (κ1) is 18.9. The van der Waals surface area contributed by atoms with Crippen LogP contribution >= 0.6 is 15.9 Å². The van der Waals surface area contributed by atoms with Crippen LogP contribution in [-0.2, 0) is 0 Å². The predicted molar refractivity (Wildman–Crippen MR) is 113 cm³/mol. The molecule has 2 aromatic carbocycles. The molecule has 146 valence electrons. The van der Waals surface area contributed by atoms with E-state index >= 15 is 0 Å². The van der Waals surface area contributed by atoms with Crippen molar-refractivity contribution in [3.8, 4) is 0 Å². The third kappa shape index (κ3) is 3.54. The molecule has 0 aliphatic carbocycles. The van der Waals surface area contributed by atoms with Crippen LogP contribution in [0.5, 0.6) is 0 Å². The fourth-order valence-corrected chi connectivity index (χ4v) is 3.53. The number of fused-ring (bicyclic) bond motifs is 2. The summed E-state index contributed by atoms with van der Waals surface area (Å²) in [6, 6.07) is 12.4. The third-order valence-corrected chi connectivity index (χ3v) is 5.16. The zero-order valence-electron chi connectivity index (χ0n) is 15.6. The average Bonchev–Trinajstić information content (AvgIpc) is 3.02. The van der Waals surface area contributed by atoms with Crippen molar-refractivity contribution in [1.82, 2.24) is 15.8 Å². The van der Waals surface area contributed by atoms with Gasteiger partial charge in [-0.15, -0.1) is 0 Å². The highest BCUT2D eigenvalue weighted by Crippen LogP contribution is 2.25. The first-order valence-corrected chi connectivity index (χ1v) is 9.56. The van der Waals surface area contributed by atoms with E-state index in [1.54, 1.807) is 12.1 Å². The first-order chi connectivity index (χ1) is 13.8. The quantitative estimate of drug-likeness (QED) is 0.317. The Hall–Kier alpha value is -3.39. The highest BCUT2D eigenvalue weighted by molar-refractivity contribution is 9.10. The van der Waals surface area contributed by atoms with E-state index in [1.807, 2.05) is 38.1 Å². The highest BCUT2D eigenvalue weighted by Gasteiger charge is 2.18. The van der Waals surface area contributed by atoms with Crippen molar-refractivity contribution in [2.45, 2.75) is 13.8 Å². The van der Waals surface area contributed by atoms with Crippen molar-refractivity contribution < 1.29 is 14.0 Å². The summed E-state index contributed by atoms with van der Waals surface area (Å²) in [4.78, 5) is 40.1. The molecule has 0 fully saturated rings. The molecule has 8 heteroatoms. The number of benzene rings is 2. The van der Waals surface area contributed by atoms with E-state index in [1.165, 1.54) is 6.07 Å². The molecule has 0 aliphatic heterocycles. The lowest BCUT2D eigenvalue weighted by molar-refractivity contribution is 0.0842. The molecule has 0 spiro atoms. The lowest BCUT2D eigenvalue weighted by Crippen LogP contribution is -2.43. The van der Waals surface area contributed by atoms with Crippen LogP contribution in [0.2, 0.25) is 0 Å². The SMILES string of the molecule is Cc1ccc2oc(=O)c(C(=O)NNC(=O)c3[nH]c4ccc(Br)cc4c3C)cc2c1. The molecule has 2 aromatic heterocycles. The Kier molecular flexibility index (Phi) is 4.71. The molecule has 0 saturated carbocycles. The number of aromatic amines is 1. The molecular formula is C21H16BrN3O4. The largest absolute Gasteiger partial charge is 0.422 e. The smallest absolute Gasteiger partial charge is 0.349 e. The number of hydrazine groups is 1. The summed E-state index contributed by atoms with van der Waals surface area (Å²) in [6.45, 7) is 3.70. The van der Waals surface area contributed by atoms with Crippen LogP contribution in [0.1, 0.15) is 32.0 Å². The monoisotopic (exact) mass is 453 g/mol. The van der Waals surface area contributed by atoms with Crippen molar-refractivity contribution in [2.24, 2.45) is 0 Å². The van der Waals surface area contributed by atoms with E-state index in [0.29, 0.717) is 16.7 Å². The van der Waals surface area contributed by atoms with E-state index in [2.05, 4.69) is 31.8 Å². The molecule has 7 nitrogen and oxygen atoms in total. The third-order valence-electron chi connectivity index (χ3n) is 4.67. The van der Waals surface area contributed by atoms with Gasteiger partial charge in [-0.1, -0.05) is 27.6 Å². The molecule has 0 radical (unpaired) electrons. The fraction of sp³-hybridized carbons (Fsp3) is 0.0952. The van der Waals surface area contributed by atoms with Crippen LogP contribution < -0.4 is 16.5 Å². The predicted octanol–water partition coefficient (Wildman–Crippen LogP) is 3.73. The van der Waals surface area contributed by atoms with Crippen molar-refractivity contribution in [2.75, 3.05) is 0 Å². The topological polar surface area (TPSA) is 104 Å². The standard InChI is InChI=1S/C21H16BrN3O4/c1-10-3-6-17-12(7-10)8-15(21(28)29-17)19(26)24-25-20(27)18-11(2)14-9-13(22)4-5-16(14)23-18/h3-9,23H,1-2H3,(H,24,26)(H,25,27). The molecule has 0 unspecified atom stereocenters. The van der Waals surface area contributed by atoms with E-state index in [9.17, 15) is 14.4 Å². The van der Waals surface area contributed by atoms with Gasteiger partial charge in [-0.25, -0.2) is 4.79 Å². The van der Waals surface area contributed by atoms with E-state index in [4.69, 9.17) is 4.42 Å². The van der Waals surface area contributed by atoms with Gasteiger partial charge in [0.25, 0.3) is 11.8 Å². The van der Waals surface area contributed by atoms with Crippen molar-refractivity contribution in [1.29, 1.82) is 0 Å². The second-order valence-electron chi connectivity index (χ2n) is 6.71. The van der Waals surface area contributed by atoms with Crippen LogP contribution in [-0.4, -0.2) is 16.8 Å². The van der Waals surface area contributed by atoms with Crippen molar-refractivity contribution in [3.63, 3.8) is 0 Å². The number of hydrogen-bond donors (Lipinski definition) is 3. The highest BCUT2D eigenvalue weighted by atomic mass is 79.9. The van der Waals surface area contributed by atoms with Gasteiger partial charge in [0.2, 0.25) is 0 Å². The summed E-state index contributed by atoms with van der Waals surface area (Å²) in [6.07, 6.45) is 0. The Morgan fingerprint density at radius 3 is 2.55 bits per heavy atom. The number of nitrogens with one attached hydrogen (secondary N) is 3. The second-order valence-corrected chi connectivity index (χ2v) is 7.63. The lowest BCUT2D eigenvalue weighted by atomic mass is 10.1. The van der Waals surface area contributed by atoms with Gasteiger partial charge in [-0.05, 0) is 55.8 Å². The van der Waals surface area contributed by atoms with Gasteiger partial charge in [0.15, 0.2) is 0 Å². The van der Waals surface area contributed by atoms with Crippen LogP contribution in [0.15, 0.2) is 56.1 Å². The average molecular weight is 454 g/mol. The van der Waals surface area contributed by atoms with Crippen molar-refractivity contribution in [3.05, 3.63) is 79.7 Å². The molecule has 0 saturated heterocycles. The molecule has 4 aromatic rings. The molecule has 29 heavy (non-hydrogen) atoms. The van der Waals surface area contributed by atoms with E-state index in [0.717, 1.165) is 26.5 Å². The van der Waals surface area contributed by atoms with Gasteiger partial charge >= 0.3 is 5.63 Å². The lowest BCUT2D eigenvalue weighted by Gasteiger charge is -2.07. The Labute approximate surface area is 173 Å². The van der Waals surface area contributed by atoms with Gasteiger partial charge in [0.1, 0.15) is 16.8 Å². The number of halogens is 1. The number of aromatic nitrogens is 1. The Bertz CT molecular complexity index is 1350. The Morgan fingerprint density at radius 1 is 1.00 bits per heavy atom. The number of hydrogen-bond acceptors (Lipinski definition) is 4. The first-order valence-electron chi connectivity index (χ1n) is 8.76. The Balaban J connectivity index is 1.56. The van der Waals surface area contributed by atoms with Crippen LogP contribution in [0, 0.1) is 13.8 Å². The van der Waals surface area contributed by atoms with Gasteiger partial charge in [-0.2, -0.15) is 0 Å². The minimum atomic E-state index is -0.778. The number of aryl methyl sites for hydroxylation is 2. The maximum Gasteiger partial charge on any atom is 0.349 e. The second kappa shape index (κ2) is 7.21. The maximum absolute atomic E-state index is 12.5. The van der Waals surface area contributed by atoms with E-state index < -0.39 is 17.4 Å². The molecule has 2 heterocycles. The molecule has 4 rings (SSSR count). The molecule has 0 aliphatic rings. The number of H-pyrrole nitrogens is 1. The summed E-state index contributed by atoms with van der Waals surface area (Å²) in [5.41, 5.74) is 6.86. The summed E-state index contributed by atoms with van der Waals surface area (Å²) >= 11 is 3.41. The van der Waals surface area contributed by atoms with Crippen LogP contribution in [0.4, 0.5) is 0 Å². The van der Waals surface area contributed by atoms with Gasteiger partial charge < -0.3 is 9.40 Å². The molecule has 0 bridgehead atoms.